The third-order valence-electron chi connectivity index (χ3n) is 3.34. The molecule has 2 aromatic carbocycles. The molecule has 0 aliphatic heterocycles. The van der Waals surface area contributed by atoms with Gasteiger partial charge in [-0.1, -0.05) is 30.3 Å². The Kier molecular flexibility index (Phi) is 6.97. The fraction of sp³-hybridized carbons (Fsp3) is 0.300. The molecule has 0 spiro atoms. The fourth-order valence-corrected chi connectivity index (χ4v) is 2.05. The van der Waals surface area contributed by atoms with Gasteiger partial charge in [0.05, 0.1) is 5.41 Å². The molecule has 0 aromatic heterocycles. The molecule has 0 aliphatic carbocycles. The number of esters is 1. The average Bonchev–Trinajstić information content (AvgIpc) is 2.61. The Balaban J connectivity index is 1.73. The summed E-state index contributed by atoms with van der Waals surface area (Å²) in [5, 5.41) is 3.32. The maximum atomic E-state index is 11.7. The Hall–Kier alpha value is -2.60. The Morgan fingerprint density at radius 3 is 2.27 bits per heavy atom. The first-order valence-electron chi connectivity index (χ1n) is 8.22. The van der Waals surface area contributed by atoms with Gasteiger partial charge in [0.1, 0.15) is 12.4 Å². The van der Waals surface area contributed by atoms with Crippen molar-refractivity contribution in [2.75, 3.05) is 12.1 Å². The number of ether oxygens (including phenoxy) is 3. The van der Waals surface area contributed by atoms with Crippen LogP contribution in [0, 0.1) is 5.41 Å². The van der Waals surface area contributed by atoms with Crippen LogP contribution in [0.25, 0.3) is 0 Å². The van der Waals surface area contributed by atoms with E-state index in [1.54, 1.807) is 32.9 Å². The summed E-state index contributed by atoms with van der Waals surface area (Å²) < 4.78 is 16.0. The Bertz CT molecular complexity index is 724. The monoisotopic (exact) mass is 373 g/mol. The second kappa shape index (κ2) is 9.20. The summed E-state index contributed by atoms with van der Waals surface area (Å²) in [6.07, 6.45) is 0. The molecule has 0 saturated heterocycles. The van der Waals surface area contributed by atoms with Crippen molar-refractivity contribution in [1.82, 2.24) is 0 Å². The SMILES string of the molecule is CC(C)(C)C(=O)OCOc1ccc(COC(=S)Nc2ccccc2)cc1. The topological polar surface area (TPSA) is 56.8 Å². The third-order valence-corrected chi connectivity index (χ3v) is 3.56. The minimum absolute atomic E-state index is 0.114. The smallest absolute Gasteiger partial charge is 0.314 e. The highest BCUT2D eigenvalue weighted by molar-refractivity contribution is 7.80. The number of thiocarbonyl (C=S) groups is 1. The van der Waals surface area contributed by atoms with Gasteiger partial charge in [0, 0.05) is 5.69 Å². The second-order valence-electron chi connectivity index (χ2n) is 6.66. The fourth-order valence-electron chi connectivity index (χ4n) is 1.87. The first-order chi connectivity index (χ1) is 12.3. The van der Waals surface area contributed by atoms with Crippen molar-refractivity contribution in [2.45, 2.75) is 27.4 Å². The molecule has 2 aromatic rings. The van der Waals surface area contributed by atoms with Crippen LogP contribution in [0.5, 0.6) is 5.75 Å². The number of para-hydroxylation sites is 1. The van der Waals surface area contributed by atoms with Crippen molar-refractivity contribution in [1.29, 1.82) is 0 Å². The molecule has 2 rings (SSSR count). The van der Waals surface area contributed by atoms with Crippen LogP contribution in [0.15, 0.2) is 54.6 Å². The summed E-state index contributed by atoms with van der Waals surface area (Å²) in [5.74, 6) is 0.308. The predicted octanol–water partition coefficient (Wildman–Crippen LogP) is 4.53. The molecule has 5 nitrogen and oxygen atoms in total. The van der Waals surface area contributed by atoms with Crippen LogP contribution in [0.3, 0.4) is 0 Å². The van der Waals surface area contributed by atoms with Gasteiger partial charge in [0.15, 0.2) is 0 Å². The Morgan fingerprint density at radius 2 is 1.65 bits per heavy atom. The molecule has 0 saturated carbocycles. The standard InChI is InChI=1S/C20H23NO4S/c1-20(2,3)18(22)25-14-24-17-11-9-15(10-12-17)13-23-19(26)21-16-7-5-4-6-8-16/h4-12H,13-14H2,1-3H3,(H,21,26). The minimum Gasteiger partial charge on any atom is -0.466 e. The van der Waals surface area contributed by atoms with Crippen LogP contribution in [0.4, 0.5) is 5.69 Å². The normalized spacial score (nSPS) is 10.7. The van der Waals surface area contributed by atoms with Gasteiger partial charge in [-0.3, -0.25) is 4.79 Å². The molecular weight excluding hydrogens is 350 g/mol. The van der Waals surface area contributed by atoms with E-state index in [0.717, 1.165) is 11.3 Å². The molecule has 0 radical (unpaired) electrons. The minimum atomic E-state index is -0.545. The third kappa shape index (κ3) is 6.72. The summed E-state index contributed by atoms with van der Waals surface area (Å²) in [4.78, 5) is 11.7. The van der Waals surface area contributed by atoms with E-state index >= 15 is 0 Å². The van der Waals surface area contributed by atoms with Crippen LogP contribution in [-0.2, 0) is 20.9 Å². The lowest BCUT2D eigenvalue weighted by molar-refractivity contribution is -0.159. The number of carbonyl (C=O) groups excluding carboxylic acids is 1. The van der Waals surface area contributed by atoms with E-state index in [9.17, 15) is 4.79 Å². The van der Waals surface area contributed by atoms with E-state index < -0.39 is 5.41 Å². The summed E-state index contributed by atoms with van der Waals surface area (Å²) in [7, 11) is 0. The van der Waals surface area contributed by atoms with Crippen molar-refractivity contribution < 1.29 is 19.0 Å². The molecule has 138 valence electrons. The average molecular weight is 373 g/mol. The van der Waals surface area contributed by atoms with E-state index in [-0.39, 0.29) is 12.8 Å². The molecule has 0 bridgehead atoms. The lowest BCUT2D eigenvalue weighted by Gasteiger charge is -2.16. The van der Waals surface area contributed by atoms with Crippen molar-refractivity contribution in [3.8, 4) is 5.75 Å². The van der Waals surface area contributed by atoms with E-state index in [1.165, 1.54) is 0 Å². The van der Waals surface area contributed by atoms with Crippen molar-refractivity contribution in [2.24, 2.45) is 5.41 Å². The van der Waals surface area contributed by atoms with Gasteiger partial charge in [-0.25, -0.2) is 0 Å². The van der Waals surface area contributed by atoms with Crippen LogP contribution < -0.4 is 10.1 Å². The largest absolute Gasteiger partial charge is 0.466 e. The number of nitrogens with one attached hydrogen (secondary N) is 1. The van der Waals surface area contributed by atoms with Gasteiger partial charge in [-0.05, 0) is 62.8 Å². The molecule has 0 fully saturated rings. The lowest BCUT2D eigenvalue weighted by atomic mass is 9.98. The van der Waals surface area contributed by atoms with Gasteiger partial charge >= 0.3 is 5.97 Å². The Morgan fingerprint density at radius 1 is 1.00 bits per heavy atom. The second-order valence-corrected chi connectivity index (χ2v) is 7.03. The molecule has 1 N–H and O–H groups in total. The molecule has 0 amide bonds. The molecule has 0 aliphatic rings. The molecule has 26 heavy (non-hydrogen) atoms. The highest BCUT2D eigenvalue weighted by Crippen LogP contribution is 2.17. The van der Waals surface area contributed by atoms with Crippen LogP contribution in [0.2, 0.25) is 0 Å². The van der Waals surface area contributed by atoms with Gasteiger partial charge in [0.2, 0.25) is 6.79 Å². The molecule has 0 atom stereocenters. The number of benzene rings is 2. The first kappa shape index (κ1) is 19.7. The van der Waals surface area contributed by atoms with Gasteiger partial charge in [-0.15, -0.1) is 0 Å². The van der Waals surface area contributed by atoms with E-state index in [0.29, 0.717) is 17.5 Å². The number of hydrogen-bond donors (Lipinski definition) is 1. The van der Waals surface area contributed by atoms with Gasteiger partial charge < -0.3 is 19.5 Å². The maximum absolute atomic E-state index is 11.7. The molecule has 0 unspecified atom stereocenters. The zero-order valence-electron chi connectivity index (χ0n) is 15.2. The zero-order chi connectivity index (χ0) is 19.0. The van der Waals surface area contributed by atoms with E-state index in [4.69, 9.17) is 26.4 Å². The summed E-state index contributed by atoms with van der Waals surface area (Å²) >= 11 is 5.17. The van der Waals surface area contributed by atoms with Gasteiger partial charge in [0.25, 0.3) is 5.17 Å². The van der Waals surface area contributed by atoms with Crippen molar-refractivity contribution in [3.63, 3.8) is 0 Å². The van der Waals surface area contributed by atoms with Gasteiger partial charge in [-0.2, -0.15) is 0 Å². The number of anilines is 1. The maximum Gasteiger partial charge on any atom is 0.314 e. The summed E-state index contributed by atoms with van der Waals surface area (Å²) in [6, 6.07) is 16.9. The Labute approximate surface area is 159 Å². The predicted molar refractivity (Wildman–Crippen MR) is 105 cm³/mol. The number of carbonyl (C=O) groups is 1. The highest BCUT2D eigenvalue weighted by atomic mass is 32.1. The van der Waals surface area contributed by atoms with E-state index in [1.807, 2.05) is 42.5 Å². The van der Waals surface area contributed by atoms with Crippen LogP contribution in [0.1, 0.15) is 26.3 Å². The quantitative estimate of drug-likeness (QED) is 0.456. The highest BCUT2D eigenvalue weighted by Gasteiger charge is 2.22. The number of rotatable bonds is 6. The van der Waals surface area contributed by atoms with Crippen molar-refractivity contribution >= 4 is 29.0 Å². The summed E-state index contributed by atoms with van der Waals surface area (Å²) in [6.45, 7) is 5.61. The lowest BCUT2D eigenvalue weighted by Crippen LogP contribution is -2.24. The van der Waals surface area contributed by atoms with Crippen LogP contribution >= 0.6 is 12.2 Å². The molecule has 6 heteroatoms. The molecular formula is C20H23NO4S. The number of hydrogen-bond acceptors (Lipinski definition) is 5. The summed E-state index contributed by atoms with van der Waals surface area (Å²) in [5.41, 5.74) is 1.28. The van der Waals surface area contributed by atoms with E-state index in [2.05, 4.69) is 5.32 Å². The molecule has 0 heterocycles. The first-order valence-corrected chi connectivity index (χ1v) is 8.63. The van der Waals surface area contributed by atoms with Crippen LogP contribution in [-0.4, -0.2) is 17.9 Å². The van der Waals surface area contributed by atoms with Crippen molar-refractivity contribution in [3.05, 3.63) is 60.2 Å². The zero-order valence-corrected chi connectivity index (χ0v) is 16.0.